The molecule has 0 radical (unpaired) electrons. The third kappa shape index (κ3) is 2.95. The van der Waals surface area contributed by atoms with Crippen LogP contribution in [0.25, 0.3) is 0 Å². The molecule has 0 aromatic carbocycles. The number of aliphatic hydroxyl groups excluding tert-OH is 1. The maximum atomic E-state index is 17.4. The first kappa shape index (κ1) is 18.2. The predicted molar refractivity (Wildman–Crippen MR) is 111 cm³/mol. The van der Waals surface area contributed by atoms with Gasteiger partial charge in [0.05, 0.1) is 10.2 Å². The quantitative estimate of drug-likeness (QED) is 0.451. The molecule has 8 nitrogen and oxygen atoms in total. The minimum absolute atomic E-state index is 0.102. The van der Waals surface area contributed by atoms with Gasteiger partial charge in [0.2, 0.25) is 0 Å². The Labute approximate surface area is 192 Å². The van der Waals surface area contributed by atoms with Crippen LogP contribution < -0.4 is 0 Å². The van der Waals surface area contributed by atoms with Gasteiger partial charge in [-0.15, -0.1) is 0 Å². The van der Waals surface area contributed by atoms with Crippen LogP contribution in [0.2, 0.25) is 0 Å². The lowest BCUT2D eigenvalue weighted by Crippen LogP contribution is -2.69. The summed E-state index contributed by atoms with van der Waals surface area (Å²) in [5.41, 5.74) is -9.33. The molecule has 4 rings (SSSR count). The van der Waals surface area contributed by atoms with Gasteiger partial charge in [0.25, 0.3) is 0 Å². The minimum atomic E-state index is -5.51. The van der Waals surface area contributed by atoms with Crippen LogP contribution in [0.5, 0.6) is 0 Å². The molecule has 0 saturated heterocycles. The molecule has 3 fully saturated rings. The number of phosphoric acid groups is 1. The summed E-state index contributed by atoms with van der Waals surface area (Å²) >= 11 is 0. The Morgan fingerprint density at radius 1 is 1.44 bits per heavy atom. The van der Waals surface area contributed by atoms with Crippen molar-refractivity contribution < 1.29 is 49.9 Å². The highest BCUT2D eigenvalue weighted by molar-refractivity contribution is 7.46. The standard InChI is InChI=1S/C22H30FO8P/c1-12-8-16-15-5-4-13-9-14(24)6-7-19(13,2)21(15,23)17(25)10-20(16,3)22(12,27)18(26)11-31-32(28,29)30/h6-7,9,12,15-17,25,27H,4-5,8,10-11H2,1-3H3,(H2,28,29,30)/t12-,15+,16+,17+,19+,20+,21+,22+/m1/s1/i4D2,9D,11D2. The van der Waals surface area contributed by atoms with Gasteiger partial charge in [-0.1, -0.05) is 25.5 Å². The van der Waals surface area contributed by atoms with Gasteiger partial charge >= 0.3 is 7.82 Å². The van der Waals surface area contributed by atoms with E-state index in [-0.39, 0.29) is 6.42 Å². The van der Waals surface area contributed by atoms with Gasteiger partial charge in [-0.05, 0) is 56.5 Å². The lowest BCUT2D eigenvalue weighted by atomic mass is 9.44. The number of alkyl halides is 1. The topological polar surface area (TPSA) is 141 Å². The third-order valence-corrected chi connectivity index (χ3v) is 8.70. The van der Waals surface area contributed by atoms with Crippen molar-refractivity contribution in [2.75, 3.05) is 6.56 Å². The summed E-state index contributed by atoms with van der Waals surface area (Å²) in [5, 5.41) is 23.1. The first-order valence-corrected chi connectivity index (χ1v) is 11.9. The second-order valence-electron chi connectivity index (χ2n) is 9.82. The summed E-state index contributed by atoms with van der Waals surface area (Å²) < 4.78 is 74.0. The highest BCUT2D eigenvalue weighted by atomic mass is 31.2. The number of halogens is 1. The van der Waals surface area contributed by atoms with Crippen LogP contribution in [-0.2, 0) is 18.7 Å². The zero-order chi connectivity index (χ0) is 28.4. The summed E-state index contributed by atoms with van der Waals surface area (Å²) in [6.07, 6.45) is -3.47. The van der Waals surface area contributed by atoms with Crippen molar-refractivity contribution >= 4 is 19.4 Å². The Morgan fingerprint density at radius 3 is 2.72 bits per heavy atom. The fourth-order valence-corrected chi connectivity index (χ4v) is 6.93. The molecule has 0 aliphatic heterocycles. The molecule has 3 saturated carbocycles. The highest BCUT2D eigenvalue weighted by Crippen LogP contribution is 2.70. The summed E-state index contributed by atoms with van der Waals surface area (Å²) in [4.78, 5) is 43.7. The molecule has 0 aromatic rings. The van der Waals surface area contributed by atoms with Gasteiger partial charge < -0.3 is 20.0 Å². The van der Waals surface area contributed by atoms with Crippen LogP contribution in [0, 0.1) is 28.6 Å². The molecule has 0 aromatic heterocycles. The minimum Gasteiger partial charge on any atom is -0.390 e. The van der Waals surface area contributed by atoms with E-state index in [1.807, 2.05) is 0 Å². The smallest absolute Gasteiger partial charge is 0.390 e. The molecule has 4 aliphatic rings. The fraction of sp³-hybridized carbons (Fsp3) is 0.727. The molecular weight excluding hydrogens is 442 g/mol. The zero-order valence-electron chi connectivity index (χ0n) is 22.8. The Balaban J connectivity index is 1.87. The lowest BCUT2D eigenvalue weighted by Gasteiger charge is -2.62. The van der Waals surface area contributed by atoms with Crippen molar-refractivity contribution in [3.63, 3.8) is 0 Å². The molecule has 0 heterocycles. The van der Waals surface area contributed by atoms with E-state index >= 15 is 4.39 Å². The van der Waals surface area contributed by atoms with Crippen LogP contribution in [0.1, 0.15) is 53.3 Å². The normalized spacial score (nSPS) is 52.6. The Hall–Kier alpha value is -1.22. The van der Waals surface area contributed by atoms with Crippen molar-refractivity contribution in [2.24, 2.45) is 28.6 Å². The van der Waals surface area contributed by atoms with E-state index in [2.05, 4.69) is 4.52 Å². The number of hydrogen-bond donors (Lipinski definition) is 4. The van der Waals surface area contributed by atoms with E-state index in [1.165, 1.54) is 20.8 Å². The molecule has 32 heavy (non-hydrogen) atoms. The van der Waals surface area contributed by atoms with Gasteiger partial charge in [-0.3, -0.25) is 14.1 Å². The van der Waals surface area contributed by atoms with E-state index in [0.717, 1.165) is 12.2 Å². The predicted octanol–water partition coefficient (Wildman–Crippen LogP) is 2.01. The summed E-state index contributed by atoms with van der Waals surface area (Å²) in [6, 6.07) is -0.694. The number of phosphoric ester groups is 1. The number of carbonyl (C=O) groups is 2. The second-order valence-corrected chi connectivity index (χ2v) is 11.0. The maximum Gasteiger partial charge on any atom is 0.470 e. The highest BCUT2D eigenvalue weighted by Gasteiger charge is 2.75. The number of carbonyl (C=O) groups excluding carboxylic acids is 2. The average molecular weight is 477 g/mol. The molecule has 0 bridgehead atoms. The van der Waals surface area contributed by atoms with E-state index in [9.17, 15) is 24.4 Å². The molecule has 4 N–H and O–H groups in total. The summed E-state index contributed by atoms with van der Waals surface area (Å²) in [6.45, 7) is 0.393. The molecule has 0 unspecified atom stereocenters. The van der Waals surface area contributed by atoms with Gasteiger partial charge in [-0.25, -0.2) is 8.96 Å². The van der Waals surface area contributed by atoms with Gasteiger partial charge in [0.15, 0.2) is 17.2 Å². The van der Waals surface area contributed by atoms with Gasteiger partial charge in [0.1, 0.15) is 12.2 Å². The molecule has 10 heteroatoms. The number of ketones is 2. The monoisotopic (exact) mass is 477 g/mol. The van der Waals surface area contributed by atoms with Crippen molar-refractivity contribution in [2.45, 2.75) is 63.8 Å². The Morgan fingerprint density at radius 2 is 2.09 bits per heavy atom. The molecule has 0 spiro atoms. The third-order valence-electron chi connectivity index (χ3n) is 8.37. The number of aliphatic hydroxyl groups is 2. The van der Waals surface area contributed by atoms with Crippen molar-refractivity contribution in [3.8, 4) is 0 Å². The second kappa shape index (κ2) is 7.14. The molecular formula is C22H30FO8P. The summed E-state index contributed by atoms with van der Waals surface area (Å²) in [5.74, 6) is -5.92. The maximum absolute atomic E-state index is 17.4. The number of allylic oxidation sites excluding steroid dienone is 4. The zero-order valence-corrected chi connectivity index (χ0v) is 18.7. The van der Waals surface area contributed by atoms with E-state index in [1.54, 1.807) is 0 Å². The van der Waals surface area contributed by atoms with Crippen LogP contribution in [0.15, 0.2) is 23.8 Å². The van der Waals surface area contributed by atoms with E-state index < -0.39 is 103 Å². The van der Waals surface area contributed by atoms with Crippen LogP contribution in [-0.4, -0.2) is 55.5 Å². The average Bonchev–Trinajstić information content (AvgIpc) is 2.92. The van der Waals surface area contributed by atoms with Crippen molar-refractivity contribution in [3.05, 3.63) is 23.8 Å². The van der Waals surface area contributed by atoms with Crippen LogP contribution in [0.3, 0.4) is 0 Å². The van der Waals surface area contributed by atoms with Crippen LogP contribution >= 0.6 is 7.82 Å². The van der Waals surface area contributed by atoms with Crippen molar-refractivity contribution in [1.29, 1.82) is 0 Å². The summed E-state index contributed by atoms with van der Waals surface area (Å²) in [7, 11) is -5.51. The number of fused-ring (bicyclic) bond motifs is 5. The lowest BCUT2D eigenvalue weighted by molar-refractivity contribution is -0.219. The molecule has 4 aliphatic carbocycles. The molecule has 0 amide bonds. The Kier molecular flexibility index (Phi) is 4.05. The Bertz CT molecular complexity index is 1190. The number of rotatable bonds is 4. The van der Waals surface area contributed by atoms with Gasteiger partial charge in [0, 0.05) is 19.5 Å². The number of hydrogen-bond acceptors (Lipinski definition) is 6. The first-order chi connectivity index (χ1) is 16.5. The van der Waals surface area contributed by atoms with Crippen molar-refractivity contribution in [1.82, 2.24) is 0 Å². The van der Waals surface area contributed by atoms with E-state index in [0.29, 0.717) is 0 Å². The first-order valence-electron chi connectivity index (χ1n) is 12.9. The molecule has 8 atom stereocenters. The number of Topliss-reactive ketones (excluding diaryl/α,β-unsaturated/α-hetero) is 1. The van der Waals surface area contributed by atoms with Gasteiger partial charge in [-0.2, -0.15) is 0 Å². The molecule has 178 valence electrons. The largest absolute Gasteiger partial charge is 0.470 e. The van der Waals surface area contributed by atoms with E-state index in [4.69, 9.17) is 16.6 Å². The SMILES string of the molecule is [2H]C1=C2C([2H])([2H])C[C@H]3[C@@H]4C[C@@H](C)[C@](O)(C(=O)C([2H])([2H])OP(=O)(O)O)[C@@]4(C)C[C@H](O)[C@]3(F)[C@@]2(C)C=CC1=O. The fourth-order valence-electron chi connectivity index (χ4n) is 6.73. The van der Waals surface area contributed by atoms with Crippen LogP contribution in [0.4, 0.5) is 4.39 Å².